The molecule has 4 nitrogen and oxygen atoms in total. The van der Waals surface area contributed by atoms with Gasteiger partial charge in [-0.15, -0.1) is 11.3 Å². The van der Waals surface area contributed by atoms with Gasteiger partial charge in [-0.05, 0) is 31.5 Å². The zero-order valence-corrected chi connectivity index (χ0v) is 10.5. The highest BCUT2D eigenvalue weighted by Gasteiger charge is 2.23. The predicted molar refractivity (Wildman–Crippen MR) is 65.8 cm³/mol. The molecule has 2 aromatic rings. The van der Waals surface area contributed by atoms with Gasteiger partial charge < -0.3 is 5.32 Å². The van der Waals surface area contributed by atoms with Crippen molar-refractivity contribution in [2.24, 2.45) is 0 Å². The number of anilines is 1. The Labute approximate surface area is 103 Å². The Morgan fingerprint density at radius 1 is 1.31 bits per heavy atom. The molecular formula is C10H11ClN4S. The number of aromatic nitrogens is 3. The molecule has 6 heteroatoms. The molecule has 84 valence electrons. The molecule has 0 aliphatic rings. The fraction of sp³-hybridized carbons (Fsp3) is 0.300. The largest absolute Gasteiger partial charge is 0.359 e. The van der Waals surface area contributed by atoms with Crippen LogP contribution in [0.4, 0.5) is 5.82 Å². The van der Waals surface area contributed by atoms with Gasteiger partial charge in [0, 0.05) is 17.8 Å². The van der Waals surface area contributed by atoms with E-state index in [0.29, 0.717) is 5.82 Å². The molecule has 0 saturated carbocycles. The van der Waals surface area contributed by atoms with Gasteiger partial charge in [0.1, 0.15) is 10.8 Å². The van der Waals surface area contributed by atoms with Crippen LogP contribution in [0.1, 0.15) is 18.9 Å². The van der Waals surface area contributed by atoms with Crippen molar-refractivity contribution in [1.82, 2.24) is 15.0 Å². The van der Waals surface area contributed by atoms with Crippen LogP contribution in [0.2, 0.25) is 5.28 Å². The molecule has 2 heterocycles. The first-order valence-electron chi connectivity index (χ1n) is 4.74. The number of rotatable bonds is 3. The molecule has 1 N–H and O–H groups in total. The van der Waals surface area contributed by atoms with Crippen LogP contribution in [-0.2, 0) is 5.54 Å². The second-order valence-corrected chi connectivity index (χ2v) is 5.03. The number of nitrogens with zero attached hydrogens (tertiary/aromatic N) is 3. The van der Waals surface area contributed by atoms with Crippen molar-refractivity contribution in [3.05, 3.63) is 34.1 Å². The lowest BCUT2D eigenvalue weighted by Crippen LogP contribution is -2.28. The minimum absolute atomic E-state index is 0.236. The summed E-state index contributed by atoms with van der Waals surface area (Å²) in [6, 6.07) is 1.78. The molecular weight excluding hydrogens is 244 g/mol. The van der Waals surface area contributed by atoms with Crippen LogP contribution in [0.3, 0.4) is 0 Å². The van der Waals surface area contributed by atoms with E-state index in [1.165, 1.54) is 0 Å². The molecule has 0 bridgehead atoms. The second kappa shape index (κ2) is 4.35. The van der Waals surface area contributed by atoms with Crippen LogP contribution in [0.15, 0.2) is 23.8 Å². The van der Waals surface area contributed by atoms with Gasteiger partial charge in [0.15, 0.2) is 0 Å². The molecule has 0 aliphatic heterocycles. The van der Waals surface area contributed by atoms with Gasteiger partial charge in [0.05, 0.1) is 5.54 Å². The van der Waals surface area contributed by atoms with Gasteiger partial charge in [0.2, 0.25) is 5.28 Å². The number of hydrogen-bond donors (Lipinski definition) is 1. The zero-order valence-electron chi connectivity index (χ0n) is 8.94. The summed E-state index contributed by atoms with van der Waals surface area (Å²) >= 11 is 7.33. The molecule has 0 radical (unpaired) electrons. The summed E-state index contributed by atoms with van der Waals surface area (Å²) in [6.45, 7) is 4.09. The van der Waals surface area contributed by atoms with E-state index in [-0.39, 0.29) is 10.8 Å². The summed E-state index contributed by atoms with van der Waals surface area (Å²) < 4.78 is 0. The maximum atomic E-state index is 5.72. The third-order valence-corrected chi connectivity index (χ3v) is 3.31. The SMILES string of the molecule is CC(C)(Nc1ccnc(Cl)n1)c1nccs1. The molecule has 2 rings (SSSR count). The molecule has 0 amide bonds. The van der Waals surface area contributed by atoms with Gasteiger partial charge in [-0.3, -0.25) is 0 Å². The topological polar surface area (TPSA) is 50.7 Å². The average molecular weight is 255 g/mol. The molecule has 0 aromatic carbocycles. The number of halogens is 1. The zero-order chi connectivity index (χ0) is 11.6. The van der Waals surface area contributed by atoms with Crippen molar-refractivity contribution in [3.63, 3.8) is 0 Å². The predicted octanol–water partition coefficient (Wildman–Crippen LogP) is 2.93. The van der Waals surface area contributed by atoms with Crippen molar-refractivity contribution in [1.29, 1.82) is 0 Å². The van der Waals surface area contributed by atoms with Crippen LogP contribution < -0.4 is 5.32 Å². The normalized spacial score (nSPS) is 11.4. The quantitative estimate of drug-likeness (QED) is 0.856. The lowest BCUT2D eigenvalue weighted by Gasteiger charge is -2.24. The van der Waals surface area contributed by atoms with Crippen LogP contribution in [-0.4, -0.2) is 15.0 Å². The fourth-order valence-corrected chi connectivity index (χ4v) is 2.18. The molecule has 2 aromatic heterocycles. The first-order valence-corrected chi connectivity index (χ1v) is 6.00. The third kappa shape index (κ3) is 2.48. The summed E-state index contributed by atoms with van der Waals surface area (Å²) in [5, 5.41) is 6.46. The van der Waals surface area contributed by atoms with Crippen molar-refractivity contribution < 1.29 is 0 Å². The summed E-state index contributed by atoms with van der Waals surface area (Å²) in [5.41, 5.74) is -0.272. The van der Waals surface area contributed by atoms with Crippen molar-refractivity contribution in [2.45, 2.75) is 19.4 Å². The summed E-state index contributed by atoms with van der Waals surface area (Å²) in [7, 11) is 0. The highest BCUT2D eigenvalue weighted by Crippen LogP contribution is 2.26. The second-order valence-electron chi connectivity index (χ2n) is 3.80. The summed E-state index contributed by atoms with van der Waals surface area (Å²) in [4.78, 5) is 12.2. The highest BCUT2D eigenvalue weighted by atomic mass is 35.5. The van der Waals surface area contributed by atoms with Crippen LogP contribution in [0, 0.1) is 0 Å². The van der Waals surface area contributed by atoms with Gasteiger partial charge in [0.25, 0.3) is 0 Å². The van der Waals surface area contributed by atoms with E-state index in [0.717, 1.165) is 5.01 Å². The van der Waals surface area contributed by atoms with Gasteiger partial charge in [-0.2, -0.15) is 0 Å². The number of hydrogen-bond acceptors (Lipinski definition) is 5. The number of thiazole rings is 1. The monoisotopic (exact) mass is 254 g/mol. The summed E-state index contributed by atoms with van der Waals surface area (Å²) in [5.74, 6) is 0.695. The Bertz CT molecular complexity index is 469. The van der Waals surface area contributed by atoms with Crippen molar-refractivity contribution >= 4 is 28.8 Å². The van der Waals surface area contributed by atoms with E-state index in [1.807, 2.05) is 19.2 Å². The Hall–Kier alpha value is -1.20. The van der Waals surface area contributed by atoms with Crippen LogP contribution in [0.5, 0.6) is 0 Å². The maximum Gasteiger partial charge on any atom is 0.224 e. The van der Waals surface area contributed by atoms with Crippen molar-refractivity contribution in [3.8, 4) is 0 Å². The van der Waals surface area contributed by atoms with E-state index in [4.69, 9.17) is 11.6 Å². The number of nitrogens with one attached hydrogen (secondary N) is 1. The first-order chi connectivity index (χ1) is 7.58. The smallest absolute Gasteiger partial charge is 0.224 e. The Morgan fingerprint density at radius 3 is 2.75 bits per heavy atom. The lowest BCUT2D eigenvalue weighted by atomic mass is 10.1. The fourth-order valence-electron chi connectivity index (χ4n) is 1.31. The lowest BCUT2D eigenvalue weighted by molar-refractivity contribution is 0.600. The van der Waals surface area contributed by atoms with Gasteiger partial charge in [-0.1, -0.05) is 0 Å². The Balaban J connectivity index is 2.21. The maximum absolute atomic E-state index is 5.72. The van der Waals surface area contributed by atoms with Crippen molar-refractivity contribution in [2.75, 3.05) is 5.32 Å². The standard InChI is InChI=1S/C10H11ClN4S/c1-10(2,8-12-5-6-16-8)15-7-3-4-13-9(11)14-7/h3-6H,1-2H3,(H,13,14,15). The molecule has 0 unspecified atom stereocenters. The molecule has 0 atom stereocenters. The molecule has 0 saturated heterocycles. The molecule has 0 fully saturated rings. The van der Waals surface area contributed by atoms with E-state index in [9.17, 15) is 0 Å². The average Bonchev–Trinajstić information content (AvgIpc) is 2.69. The highest BCUT2D eigenvalue weighted by molar-refractivity contribution is 7.09. The molecule has 0 spiro atoms. The Morgan fingerprint density at radius 2 is 2.12 bits per heavy atom. The van der Waals surface area contributed by atoms with E-state index in [2.05, 4.69) is 20.3 Å². The molecule has 16 heavy (non-hydrogen) atoms. The van der Waals surface area contributed by atoms with Gasteiger partial charge in [-0.25, -0.2) is 15.0 Å². The van der Waals surface area contributed by atoms with Crippen LogP contribution in [0.25, 0.3) is 0 Å². The first kappa shape index (κ1) is 11.3. The van der Waals surface area contributed by atoms with Gasteiger partial charge >= 0.3 is 0 Å². The van der Waals surface area contributed by atoms with Crippen LogP contribution >= 0.6 is 22.9 Å². The summed E-state index contributed by atoms with van der Waals surface area (Å²) in [6.07, 6.45) is 3.41. The van der Waals surface area contributed by atoms with E-state index >= 15 is 0 Å². The molecule has 0 aliphatic carbocycles. The minimum Gasteiger partial charge on any atom is -0.359 e. The van der Waals surface area contributed by atoms with E-state index < -0.39 is 0 Å². The minimum atomic E-state index is -0.272. The third-order valence-electron chi connectivity index (χ3n) is 2.03. The Kier molecular flexibility index (Phi) is 3.07. The van der Waals surface area contributed by atoms with E-state index in [1.54, 1.807) is 29.8 Å².